The van der Waals surface area contributed by atoms with E-state index in [4.69, 9.17) is 4.74 Å². The average Bonchev–Trinajstić information content (AvgIpc) is 2.26. The van der Waals surface area contributed by atoms with E-state index in [0.29, 0.717) is 12.2 Å². The third-order valence-corrected chi connectivity index (χ3v) is 2.09. The maximum Gasteiger partial charge on any atom is 0.387 e. The van der Waals surface area contributed by atoms with Gasteiger partial charge < -0.3 is 14.8 Å². The molecule has 0 aliphatic rings. The molecule has 1 atom stereocenters. The van der Waals surface area contributed by atoms with E-state index in [9.17, 15) is 8.78 Å². The minimum absolute atomic E-state index is 0.000365. The molecule has 16 heavy (non-hydrogen) atoms. The van der Waals surface area contributed by atoms with Gasteiger partial charge in [-0.3, -0.25) is 0 Å². The number of rotatable bonds is 6. The second kappa shape index (κ2) is 6.27. The van der Waals surface area contributed by atoms with E-state index in [-0.39, 0.29) is 11.9 Å². The van der Waals surface area contributed by atoms with Gasteiger partial charge >= 0.3 is 6.61 Å². The molecule has 1 rings (SSSR count). The molecule has 0 saturated heterocycles. The molecule has 0 saturated carbocycles. The van der Waals surface area contributed by atoms with Crippen molar-refractivity contribution >= 4 is 5.69 Å². The number of hydrogen-bond acceptors (Lipinski definition) is 3. The van der Waals surface area contributed by atoms with Crippen LogP contribution >= 0.6 is 0 Å². The van der Waals surface area contributed by atoms with Gasteiger partial charge in [0.05, 0.1) is 11.8 Å². The van der Waals surface area contributed by atoms with Crippen LogP contribution in [-0.4, -0.2) is 26.4 Å². The van der Waals surface area contributed by atoms with Crippen LogP contribution in [-0.2, 0) is 4.74 Å². The van der Waals surface area contributed by atoms with Crippen LogP contribution < -0.4 is 10.1 Å². The molecule has 0 amide bonds. The highest BCUT2D eigenvalue weighted by molar-refractivity contribution is 5.56. The largest absolute Gasteiger partial charge is 0.433 e. The predicted molar refractivity (Wildman–Crippen MR) is 58.0 cm³/mol. The van der Waals surface area contributed by atoms with Crippen LogP contribution in [0.15, 0.2) is 24.3 Å². The van der Waals surface area contributed by atoms with Crippen LogP contribution in [0.4, 0.5) is 14.5 Å². The standard InChI is InChI=1S/C11H15F2NO2/c1-8(15-2)7-14-9-5-3-4-6-10(9)16-11(12)13/h3-6,8,11,14H,7H2,1-2H3. The van der Waals surface area contributed by atoms with Crippen molar-refractivity contribution in [3.63, 3.8) is 0 Å². The third kappa shape index (κ3) is 4.02. The number of para-hydroxylation sites is 2. The fourth-order valence-electron chi connectivity index (χ4n) is 1.15. The number of hydrogen-bond donors (Lipinski definition) is 1. The monoisotopic (exact) mass is 231 g/mol. The van der Waals surface area contributed by atoms with Gasteiger partial charge in [0.1, 0.15) is 5.75 Å². The highest BCUT2D eigenvalue weighted by Gasteiger charge is 2.09. The number of halogens is 2. The molecule has 1 aromatic carbocycles. The molecule has 0 spiro atoms. The van der Waals surface area contributed by atoms with Gasteiger partial charge in [0, 0.05) is 13.7 Å². The first-order valence-corrected chi connectivity index (χ1v) is 4.94. The van der Waals surface area contributed by atoms with Crippen molar-refractivity contribution < 1.29 is 18.3 Å². The Labute approximate surface area is 93.4 Å². The molecule has 1 N–H and O–H groups in total. The number of alkyl halides is 2. The molecule has 5 heteroatoms. The number of anilines is 1. The number of ether oxygens (including phenoxy) is 2. The second-order valence-electron chi connectivity index (χ2n) is 3.30. The molecule has 0 aliphatic heterocycles. The van der Waals surface area contributed by atoms with Gasteiger partial charge in [0.2, 0.25) is 0 Å². The Hall–Kier alpha value is -1.36. The summed E-state index contributed by atoms with van der Waals surface area (Å²) >= 11 is 0. The molecule has 1 aromatic rings. The van der Waals surface area contributed by atoms with Crippen molar-refractivity contribution in [3.05, 3.63) is 24.3 Å². The Morgan fingerprint density at radius 3 is 2.62 bits per heavy atom. The zero-order valence-corrected chi connectivity index (χ0v) is 9.24. The Morgan fingerprint density at radius 1 is 1.31 bits per heavy atom. The fraction of sp³-hybridized carbons (Fsp3) is 0.455. The van der Waals surface area contributed by atoms with Crippen molar-refractivity contribution in [3.8, 4) is 5.75 Å². The summed E-state index contributed by atoms with van der Waals surface area (Å²) in [6.45, 7) is -0.410. The smallest absolute Gasteiger partial charge is 0.387 e. The molecule has 0 aromatic heterocycles. The van der Waals surface area contributed by atoms with E-state index in [1.165, 1.54) is 6.07 Å². The summed E-state index contributed by atoms with van der Waals surface area (Å²) in [6.07, 6.45) is -0.000365. The lowest BCUT2D eigenvalue weighted by atomic mass is 10.3. The minimum atomic E-state index is -2.82. The molecule has 0 bridgehead atoms. The first kappa shape index (κ1) is 12.7. The lowest BCUT2D eigenvalue weighted by Crippen LogP contribution is -2.18. The van der Waals surface area contributed by atoms with E-state index >= 15 is 0 Å². The zero-order valence-electron chi connectivity index (χ0n) is 9.24. The molecule has 0 heterocycles. The predicted octanol–water partition coefficient (Wildman–Crippen LogP) is 2.73. The number of methoxy groups -OCH3 is 1. The van der Waals surface area contributed by atoms with Crippen LogP contribution in [0.5, 0.6) is 5.75 Å². The summed E-state index contributed by atoms with van der Waals surface area (Å²) < 4.78 is 33.6. The van der Waals surface area contributed by atoms with Crippen molar-refractivity contribution in [2.45, 2.75) is 19.6 Å². The Balaban J connectivity index is 2.63. The van der Waals surface area contributed by atoms with Crippen LogP contribution in [0.25, 0.3) is 0 Å². The Bertz CT molecular complexity index is 321. The lowest BCUT2D eigenvalue weighted by Gasteiger charge is -2.15. The van der Waals surface area contributed by atoms with Gasteiger partial charge in [-0.25, -0.2) is 0 Å². The van der Waals surface area contributed by atoms with Gasteiger partial charge in [-0.15, -0.1) is 0 Å². The van der Waals surface area contributed by atoms with Gasteiger partial charge in [-0.05, 0) is 19.1 Å². The van der Waals surface area contributed by atoms with Crippen LogP contribution in [0.2, 0.25) is 0 Å². The van der Waals surface area contributed by atoms with Crippen molar-refractivity contribution in [2.75, 3.05) is 19.0 Å². The number of nitrogens with one attached hydrogen (secondary N) is 1. The first-order chi connectivity index (χ1) is 7.63. The SMILES string of the molecule is COC(C)CNc1ccccc1OC(F)F. The number of benzene rings is 1. The molecular formula is C11H15F2NO2. The summed E-state index contributed by atoms with van der Waals surface area (Å²) in [4.78, 5) is 0. The maximum atomic E-state index is 12.1. The van der Waals surface area contributed by atoms with Gasteiger partial charge in [-0.1, -0.05) is 12.1 Å². The van der Waals surface area contributed by atoms with Crippen LogP contribution in [0.3, 0.4) is 0 Å². The third-order valence-electron chi connectivity index (χ3n) is 2.09. The van der Waals surface area contributed by atoms with Gasteiger partial charge in [-0.2, -0.15) is 8.78 Å². The van der Waals surface area contributed by atoms with E-state index in [1.54, 1.807) is 25.3 Å². The minimum Gasteiger partial charge on any atom is -0.433 e. The van der Waals surface area contributed by atoms with Crippen molar-refractivity contribution in [1.82, 2.24) is 0 Å². The summed E-state index contributed by atoms with van der Waals surface area (Å²) in [6, 6.07) is 6.56. The summed E-state index contributed by atoms with van der Waals surface area (Å²) in [5, 5.41) is 2.99. The quantitative estimate of drug-likeness (QED) is 0.816. The van der Waals surface area contributed by atoms with Crippen LogP contribution in [0, 0.1) is 0 Å². The first-order valence-electron chi connectivity index (χ1n) is 4.94. The van der Waals surface area contributed by atoms with Crippen molar-refractivity contribution in [2.24, 2.45) is 0 Å². The van der Waals surface area contributed by atoms with E-state index in [0.717, 1.165) is 0 Å². The van der Waals surface area contributed by atoms with Crippen LogP contribution in [0.1, 0.15) is 6.92 Å². The lowest BCUT2D eigenvalue weighted by molar-refractivity contribution is -0.0493. The molecule has 90 valence electrons. The Morgan fingerprint density at radius 2 is 2.00 bits per heavy atom. The fourth-order valence-corrected chi connectivity index (χ4v) is 1.15. The average molecular weight is 231 g/mol. The molecule has 1 unspecified atom stereocenters. The molecular weight excluding hydrogens is 216 g/mol. The van der Waals surface area contributed by atoms with Gasteiger partial charge in [0.25, 0.3) is 0 Å². The topological polar surface area (TPSA) is 30.5 Å². The molecule has 0 radical (unpaired) electrons. The van der Waals surface area contributed by atoms with E-state index < -0.39 is 6.61 Å². The van der Waals surface area contributed by atoms with E-state index in [1.807, 2.05) is 6.92 Å². The molecule has 3 nitrogen and oxygen atoms in total. The van der Waals surface area contributed by atoms with Gasteiger partial charge in [0.15, 0.2) is 0 Å². The summed E-state index contributed by atoms with van der Waals surface area (Å²) in [7, 11) is 1.59. The molecule has 0 fully saturated rings. The van der Waals surface area contributed by atoms with Crippen molar-refractivity contribution in [1.29, 1.82) is 0 Å². The highest BCUT2D eigenvalue weighted by atomic mass is 19.3. The normalized spacial score (nSPS) is 12.6. The van der Waals surface area contributed by atoms with E-state index in [2.05, 4.69) is 10.1 Å². The summed E-state index contributed by atoms with van der Waals surface area (Å²) in [5.41, 5.74) is 0.534. The summed E-state index contributed by atoms with van der Waals surface area (Å²) in [5.74, 6) is 0.140. The maximum absolute atomic E-state index is 12.1. The molecule has 0 aliphatic carbocycles. The highest BCUT2D eigenvalue weighted by Crippen LogP contribution is 2.25. The Kier molecular flexibility index (Phi) is 4.98. The second-order valence-corrected chi connectivity index (χ2v) is 3.30. The zero-order chi connectivity index (χ0) is 12.0.